The fourth-order valence-electron chi connectivity index (χ4n) is 4.49. The first-order valence-electron chi connectivity index (χ1n) is 9.04. The Bertz CT molecular complexity index is 964. The second-order valence-electron chi connectivity index (χ2n) is 7.23. The molecule has 2 aromatic rings. The lowest BCUT2D eigenvalue weighted by molar-refractivity contribution is 0.171. The molecular formula is C20H20N4O2. The average Bonchev–Trinajstić information content (AvgIpc) is 3.02. The van der Waals surface area contributed by atoms with Crippen molar-refractivity contribution in [3.8, 4) is 28.7 Å². The molecule has 1 saturated heterocycles. The molecule has 0 spiro atoms. The van der Waals surface area contributed by atoms with Gasteiger partial charge in [0.05, 0.1) is 0 Å². The molecular weight excluding hydrogens is 328 g/mol. The van der Waals surface area contributed by atoms with Crippen LogP contribution in [0.4, 0.5) is 5.82 Å². The smallest absolute Gasteiger partial charge is 0.161 e. The van der Waals surface area contributed by atoms with Crippen molar-refractivity contribution in [2.75, 3.05) is 18.9 Å². The normalized spacial score (nSPS) is 22.6. The number of benzene rings is 1. The molecule has 0 aliphatic carbocycles. The van der Waals surface area contributed by atoms with Crippen LogP contribution >= 0.6 is 0 Å². The van der Waals surface area contributed by atoms with Crippen LogP contribution in [0.1, 0.15) is 41.3 Å². The van der Waals surface area contributed by atoms with E-state index in [0.29, 0.717) is 30.6 Å². The predicted molar refractivity (Wildman–Crippen MR) is 97.1 cm³/mol. The fourth-order valence-corrected chi connectivity index (χ4v) is 4.49. The number of ether oxygens (including phenoxy) is 2. The van der Waals surface area contributed by atoms with Crippen LogP contribution < -0.4 is 20.5 Å². The van der Waals surface area contributed by atoms with Gasteiger partial charge in [-0.3, -0.25) is 0 Å². The summed E-state index contributed by atoms with van der Waals surface area (Å²) in [6.07, 6.45) is 3.05. The Labute approximate surface area is 151 Å². The number of nitrogens with one attached hydrogen (secondary N) is 1. The first-order chi connectivity index (χ1) is 12.7. The van der Waals surface area contributed by atoms with E-state index in [-0.39, 0.29) is 6.04 Å². The monoisotopic (exact) mass is 348 g/mol. The van der Waals surface area contributed by atoms with Crippen LogP contribution in [0.5, 0.6) is 11.5 Å². The maximum Gasteiger partial charge on any atom is 0.161 e. The number of nitrogens with two attached hydrogens (primary N) is 1. The predicted octanol–water partition coefficient (Wildman–Crippen LogP) is 2.63. The third-order valence-electron chi connectivity index (χ3n) is 5.64. The minimum atomic E-state index is 0.228. The number of anilines is 1. The number of nitrogens with zero attached hydrogens (tertiary/aromatic N) is 2. The second-order valence-corrected chi connectivity index (χ2v) is 7.23. The van der Waals surface area contributed by atoms with Gasteiger partial charge in [-0.15, -0.1) is 0 Å². The number of nitriles is 1. The highest BCUT2D eigenvalue weighted by Crippen LogP contribution is 2.46. The summed E-state index contributed by atoms with van der Waals surface area (Å²) >= 11 is 0. The van der Waals surface area contributed by atoms with Crippen LogP contribution in [0.2, 0.25) is 0 Å². The van der Waals surface area contributed by atoms with Gasteiger partial charge in [0.25, 0.3) is 0 Å². The van der Waals surface area contributed by atoms with E-state index in [4.69, 9.17) is 15.2 Å². The summed E-state index contributed by atoms with van der Waals surface area (Å²) in [5.74, 6) is 1.79. The van der Waals surface area contributed by atoms with Crippen molar-refractivity contribution in [3.63, 3.8) is 0 Å². The van der Waals surface area contributed by atoms with E-state index in [1.165, 1.54) is 0 Å². The Morgan fingerprint density at radius 1 is 1.23 bits per heavy atom. The van der Waals surface area contributed by atoms with E-state index in [1.807, 2.05) is 19.1 Å². The number of rotatable bonds is 1. The van der Waals surface area contributed by atoms with E-state index in [0.717, 1.165) is 58.7 Å². The highest BCUT2D eigenvalue weighted by atomic mass is 16.6. The van der Waals surface area contributed by atoms with Gasteiger partial charge in [-0.25, -0.2) is 4.98 Å². The van der Waals surface area contributed by atoms with Crippen molar-refractivity contribution in [1.29, 1.82) is 5.26 Å². The van der Waals surface area contributed by atoms with Crippen LogP contribution in [-0.4, -0.2) is 24.2 Å². The molecule has 6 nitrogen and oxygen atoms in total. The third kappa shape index (κ3) is 2.17. The van der Waals surface area contributed by atoms with Gasteiger partial charge in [0.2, 0.25) is 0 Å². The summed E-state index contributed by atoms with van der Waals surface area (Å²) in [7, 11) is 0. The minimum absolute atomic E-state index is 0.228. The average molecular weight is 348 g/mol. The summed E-state index contributed by atoms with van der Waals surface area (Å²) in [6, 6.07) is 6.95. The molecule has 1 fully saturated rings. The molecule has 4 heterocycles. The largest absolute Gasteiger partial charge is 0.486 e. The lowest BCUT2D eigenvalue weighted by Gasteiger charge is -2.29. The van der Waals surface area contributed by atoms with Crippen LogP contribution in [-0.2, 0) is 6.42 Å². The van der Waals surface area contributed by atoms with E-state index >= 15 is 0 Å². The highest BCUT2D eigenvalue weighted by Gasteiger charge is 2.37. The van der Waals surface area contributed by atoms with Crippen LogP contribution in [0.3, 0.4) is 0 Å². The van der Waals surface area contributed by atoms with Crippen molar-refractivity contribution in [1.82, 2.24) is 10.3 Å². The molecule has 1 aromatic heterocycles. The van der Waals surface area contributed by atoms with Crippen molar-refractivity contribution in [2.45, 2.75) is 38.3 Å². The van der Waals surface area contributed by atoms with E-state index < -0.39 is 0 Å². The topological polar surface area (TPSA) is 93.2 Å². The molecule has 5 rings (SSSR count). The molecule has 0 saturated carbocycles. The summed E-state index contributed by atoms with van der Waals surface area (Å²) in [5, 5.41) is 13.5. The highest BCUT2D eigenvalue weighted by molar-refractivity contribution is 5.83. The summed E-state index contributed by atoms with van der Waals surface area (Å²) in [5.41, 5.74) is 11.7. The molecule has 2 atom stereocenters. The maximum absolute atomic E-state index is 9.81. The van der Waals surface area contributed by atoms with E-state index in [2.05, 4.69) is 16.4 Å². The molecule has 3 aliphatic rings. The molecule has 26 heavy (non-hydrogen) atoms. The number of fused-ring (bicyclic) bond motifs is 5. The van der Waals surface area contributed by atoms with Gasteiger partial charge < -0.3 is 20.5 Å². The Kier molecular flexibility index (Phi) is 3.34. The van der Waals surface area contributed by atoms with Gasteiger partial charge in [0, 0.05) is 29.8 Å². The first kappa shape index (κ1) is 15.5. The molecule has 2 bridgehead atoms. The first-order valence-corrected chi connectivity index (χ1v) is 9.04. The molecule has 132 valence electrons. The molecule has 0 amide bonds. The lowest BCUT2D eigenvalue weighted by Crippen LogP contribution is -2.33. The maximum atomic E-state index is 9.81. The standard InChI is InChI=1S/C20H20N4O2/c1-10-6-16-17(26-5-4-25-16)8-12(10)18-13(9-21)20(22)24-15-7-11-2-3-14(23-11)19(15)18/h6,8,11,14,23H,2-5,7H2,1H3,(H2,22,24)/t11-,14+/m1/s1. The molecule has 3 aliphatic heterocycles. The SMILES string of the molecule is Cc1cc2c(cc1-c1c(C#N)c(N)nc3c1[C@@H]1CC[C@H](C3)N1)OCCO2. The van der Waals surface area contributed by atoms with Crippen LogP contribution in [0.15, 0.2) is 12.1 Å². The molecule has 0 radical (unpaired) electrons. The Morgan fingerprint density at radius 3 is 2.77 bits per heavy atom. The van der Waals surface area contributed by atoms with E-state index in [9.17, 15) is 5.26 Å². The van der Waals surface area contributed by atoms with Gasteiger partial charge in [0.1, 0.15) is 30.7 Å². The molecule has 0 unspecified atom stereocenters. The van der Waals surface area contributed by atoms with Gasteiger partial charge >= 0.3 is 0 Å². The number of aromatic nitrogens is 1. The van der Waals surface area contributed by atoms with E-state index in [1.54, 1.807) is 0 Å². The number of aryl methyl sites for hydroxylation is 1. The van der Waals surface area contributed by atoms with Crippen LogP contribution in [0, 0.1) is 18.3 Å². The Balaban J connectivity index is 1.80. The number of nitrogen functional groups attached to an aromatic ring is 1. The van der Waals surface area contributed by atoms with Crippen LogP contribution in [0.25, 0.3) is 11.1 Å². The number of pyridine rings is 1. The zero-order chi connectivity index (χ0) is 17.8. The third-order valence-corrected chi connectivity index (χ3v) is 5.64. The Hall–Kier alpha value is -2.78. The fraction of sp³-hybridized carbons (Fsp3) is 0.400. The molecule has 6 heteroatoms. The minimum Gasteiger partial charge on any atom is -0.486 e. The molecule has 3 N–H and O–H groups in total. The lowest BCUT2D eigenvalue weighted by atomic mass is 9.86. The van der Waals surface area contributed by atoms with Crippen molar-refractivity contribution < 1.29 is 9.47 Å². The van der Waals surface area contributed by atoms with Crippen molar-refractivity contribution in [2.24, 2.45) is 0 Å². The summed E-state index contributed by atoms with van der Waals surface area (Å²) < 4.78 is 11.5. The number of hydrogen-bond acceptors (Lipinski definition) is 6. The zero-order valence-electron chi connectivity index (χ0n) is 14.6. The van der Waals surface area contributed by atoms with Gasteiger partial charge in [-0.1, -0.05) is 0 Å². The van der Waals surface area contributed by atoms with Gasteiger partial charge in [0.15, 0.2) is 11.5 Å². The zero-order valence-corrected chi connectivity index (χ0v) is 14.6. The van der Waals surface area contributed by atoms with Crippen molar-refractivity contribution >= 4 is 5.82 Å². The van der Waals surface area contributed by atoms with Gasteiger partial charge in [-0.2, -0.15) is 5.26 Å². The summed E-state index contributed by atoms with van der Waals surface area (Å²) in [4.78, 5) is 4.59. The number of hydrogen-bond donors (Lipinski definition) is 2. The summed E-state index contributed by atoms with van der Waals surface area (Å²) in [6.45, 7) is 3.12. The van der Waals surface area contributed by atoms with Crippen molar-refractivity contribution in [3.05, 3.63) is 34.5 Å². The quantitative estimate of drug-likeness (QED) is 0.823. The Morgan fingerprint density at radius 2 is 2.00 bits per heavy atom. The second kappa shape index (κ2) is 5.61. The molecule has 1 aromatic carbocycles. The van der Waals surface area contributed by atoms with Gasteiger partial charge in [-0.05, 0) is 48.6 Å².